The van der Waals surface area contributed by atoms with Gasteiger partial charge in [0.2, 0.25) is 10.0 Å². The fourth-order valence-corrected chi connectivity index (χ4v) is 3.37. The van der Waals surface area contributed by atoms with Crippen molar-refractivity contribution >= 4 is 15.9 Å². The van der Waals surface area contributed by atoms with Crippen LogP contribution in [0.3, 0.4) is 0 Å². The maximum absolute atomic E-state index is 11.6. The minimum absolute atomic E-state index is 0.00127. The Morgan fingerprint density at radius 1 is 1.52 bits per heavy atom. The Balaban J connectivity index is 1.94. The van der Waals surface area contributed by atoms with Crippen LogP contribution in [0.4, 0.5) is 0 Å². The number of piperidine rings is 1. The maximum atomic E-state index is 11.6. The van der Waals surface area contributed by atoms with Crippen molar-refractivity contribution in [3.05, 3.63) is 29.8 Å². The van der Waals surface area contributed by atoms with Crippen LogP contribution < -0.4 is 10.5 Å². The van der Waals surface area contributed by atoms with Gasteiger partial charge in [-0.2, -0.15) is 0 Å². The van der Waals surface area contributed by atoms with E-state index in [0.29, 0.717) is 31.0 Å². The lowest BCUT2D eigenvalue weighted by Crippen LogP contribution is -2.40. The zero-order valence-corrected chi connectivity index (χ0v) is 12.9. The van der Waals surface area contributed by atoms with Crippen LogP contribution in [-0.2, 0) is 10.0 Å². The van der Waals surface area contributed by atoms with Gasteiger partial charge in [-0.1, -0.05) is 12.1 Å². The Morgan fingerprint density at radius 3 is 2.95 bits per heavy atom. The van der Waals surface area contributed by atoms with E-state index in [9.17, 15) is 8.42 Å². The number of nitrogens with zero attached hydrogens (tertiary/aromatic N) is 1. The number of nitrogen functional groups attached to an aromatic ring is 1. The smallest absolute Gasteiger partial charge is 0.211 e. The second-order valence-electron chi connectivity index (χ2n) is 5.38. The van der Waals surface area contributed by atoms with E-state index in [1.165, 1.54) is 10.6 Å². The predicted molar refractivity (Wildman–Crippen MR) is 82.1 cm³/mol. The van der Waals surface area contributed by atoms with Crippen molar-refractivity contribution in [2.45, 2.75) is 12.8 Å². The van der Waals surface area contributed by atoms with Gasteiger partial charge in [-0.3, -0.25) is 5.41 Å². The molecule has 1 aliphatic rings. The van der Waals surface area contributed by atoms with Gasteiger partial charge in [-0.05, 0) is 25.0 Å². The summed E-state index contributed by atoms with van der Waals surface area (Å²) in [5, 5.41) is 7.40. The molecule has 0 bridgehead atoms. The molecule has 0 aliphatic carbocycles. The number of benzene rings is 1. The second kappa shape index (κ2) is 6.44. The van der Waals surface area contributed by atoms with Gasteiger partial charge in [0, 0.05) is 24.6 Å². The summed E-state index contributed by atoms with van der Waals surface area (Å²) >= 11 is 0. The first kappa shape index (κ1) is 15.8. The number of ether oxygens (including phenoxy) is 1. The SMILES string of the molecule is CS(=O)(=O)N1CCCC(COc2cccc(C(=N)N)c2)C1. The third-order valence-corrected chi connectivity index (χ3v) is 4.85. The molecular weight excluding hydrogens is 290 g/mol. The minimum Gasteiger partial charge on any atom is -0.493 e. The van der Waals surface area contributed by atoms with Gasteiger partial charge in [0.1, 0.15) is 11.6 Å². The summed E-state index contributed by atoms with van der Waals surface area (Å²) in [5.41, 5.74) is 6.06. The van der Waals surface area contributed by atoms with Crippen LogP contribution in [0.1, 0.15) is 18.4 Å². The van der Waals surface area contributed by atoms with Crippen LogP contribution in [-0.4, -0.2) is 44.5 Å². The third-order valence-electron chi connectivity index (χ3n) is 3.58. The molecule has 1 heterocycles. The van der Waals surface area contributed by atoms with Gasteiger partial charge in [0.05, 0.1) is 12.9 Å². The number of nitrogens with one attached hydrogen (secondary N) is 1. The average Bonchev–Trinajstić information content (AvgIpc) is 2.45. The molecule has 1 fully saturated rings. The highest BCUT2D eigenvalue weighted by Gasteiger charge is 2.26. The quantitative estimate of drug-likeness (QED) is 0.627. The van der Waals surface area contributed by atoms with Crippen LogP contribution in [0.15, 0.2) is 24.3 Å². The molecule has 0 amide bonds. The van der Waals surface area contributed by atoms with Gasteiger partial charge in [-0.25, -0.2) is 12.7 Å². The lowest BCUT2D eigenvalue weighted by Gasteiger charge is -2.30. The summed E-state index contributed by atoms with van der Waals surface area (Å²) in [6.45, 7) is 1.56. The van der Waals surface area contributed by atoms with E-state index in [4.69, 9.17) is 15.9 Å². The maximum Gasteiger partial charge on any atom is 0.211 e. The molecule has 0 aromatic heterocycles. The molecule has 1 aromatic carbocycles. The van der Waals surface area contributed by atoms with Crippen LogP contribution in [0.2, 0.25) is 0 Å². The van der Waals surface area contributed by atoms with Crippen LogP contribution in [0.5, 0.6) is 5.75 Å². The van der Waals surface area contributed by atoms with Crippen molar-refractivity contribution in [2.24, 2.45) is 11.7 Å². The Hall–Kier alpha value is -1.60. The summed E-state index contributed by atoms with van der Waals surface area (Å²) in [6, 6.07) is 7.07. The predicted octanol–water partition coefficient (Wildman–Crippen LogP) is 1.02. The first-order chi connectivity index (χ1) is 9.86. The highest BCUT2D eigenvalue weighted by atomic mass is 32.2. The van der Waals surface area contributed by atoms with Crippen LogP contribution in [0.25, 0.3) is 0 Å². The van der Waals surface area contributed by atoms with E-state index in [-0.39, 0.29) is 11.8 Å². The number of sulfonamides is 1. The normalized spacial score (nSPS) is 20.1. The van der Waals surface area contributed by atoms with Crippen molar-refractivity contribution in [1.82, 2.24) is 4.31 Å². The van der Waals surface area contributed by atoms with Crippen molar-refractivity contribution in [3.8, 4) is 5.75 Å². The molecule has 1 saturated heterocycles. The molecule has 0 spiro atoms. The highest BCUT2D eigenvalue weighted by molar-refractivity contribution is 7.88. The summed E-state index contributed by atoms with van der Waals surface area (Å²) in [5.74, 6) is 0.843. The van der Waals surface area contributed by atoms with E-state index in [2.05, 4.69) is 0 Å². The Kier molecular flexibility index (Phi) is 4.84. The molecule has 0 radical (unpaired) electrons. The zero-order chi connectivity index (χ0) is 15.5. The number of rotatable bonds is 5. The highest BCUT2D eigenvalue weighted by Crippen LogP contribution is 2.21. The monoisotopic (exact) mass is 311 g/mol. The number of nitrogens with two attached hydrogens (primary N) is 1. The molecule has 1 aromatic rings. The van der Waals surface area contributed by atoms with Crippen LogP contribution >= 0.6 is 0 Å². The van der Waals surface area contributed by atoms with E-state index >= 15 is 0 Å². The van der Waals surface area contributed by atoms with Crippen molar-refractivity contribution in [1.29, 1.82) is 5.41 Å². The molecule has 1 atom stereocenters. The van der Waals surface area contributed by atoms with Gasteiger partial charge in [0.15, 0.2) is 0 Å². The summed E-state index contributed by atoms with van der Waals surface area (Å²) in [6.07, 6.45) is 3.06. The topological polar surface area (TPSA) is 96.5 Å². The number of amidine groups is 1. The second-order valence-corrected chi connectivity index (χ2v) is 7.36. The van der Waals surface area contributed by atoms with Crippen molar-refractivity contribution in [2.75, 3.05) is 26.0 Å². The largest absolute Gasteiger partial charge is 0.493 e. The molecule has 6 nitrogen and oxygen atoms in total. The van der Waals surface area contributed by atoms with E-state index in [0.717, 1.165) is 12.8 Å². The lowest BCUT2D eigenvalue weighted by atomic mass is 10.0. The van der Waals surface area contributed by atoms with E-state index in [1.54, 1.807) is 18.2 Å². The molecular formula is C14H21N3O3S. The Labute approximate surface area is 125 Å². The first-order valence-corrected chi connectivity index (χ1v) is 8.73. The summed E-state index contributed by atoms with van der Waals surface area (Å²) < 4.78 is 30.4. The van der Waals surface area contributed by atoms with Crippen molar-refractivity contribution in [3.63, 3.8) is 0 Å². The summed E-state index contributed by atoms with van der Waals surface area (Å²) in [7, 11) is -3.13. The first-order valence-electron chi connectivity index (χ1n) is 6.88. The van der Waals surface area contributed by atoms with Crippen LogP contribution in [0, 0.1) is 11.3 Å². The van der Waals surface area contributed by atoms with Gasteiger partial charge in [0.25, 0.3) is 0 Å². The average molecular weight is 311 g/mol. The van der Waals surface area contributed by atoms with Crippen molar-refractivity contribution < 1.29 is 13.2 Å². The molecule has 3 N–H and O–H groups in total. The van der Waals surface area contributed by atoms with Gasteiger partial charge >= 0.3 is 0 Å². The standard InChI is InChI=1S/C14H21N3O3S/c1-21(18,19)17-7-3-4-11(9-17)10-20-13-6-2-5-12(8-13)14(15)16/h2,5-6,8,11H,3-4,7,9-10H2,1H3,(H3,15,16). The molecule has 1 unspecified atom stereocenters. The molecule has 1 aliphatic heterocycles. The Bertz CT molecular complexity index is 616. The third kappa shape index (κ3) is 4.44. The van der Waals surface area contributed by atoms with E-state index < -0.39 is 10.0 Å². The molecule has 2 rings (SSSR count). The van der Waals surface area contributed by atoms with Gasteiger partial charge < -0.3 is 10.5 Å². The molecule has 116 valence electrons. The Morgan fingerprint density at radius 2 is 2.29 bits per heavy atom. The molecule has 21 heavy (non-hydrogen) atoms. The number of hydrogen-bond donors (Lipinski definition) is 2. The summed E-state index contributed by atoms with van der Waals surface area (Å²) in [4.78, 5) is 0. The minimum atomic E-state index is -3.13. The van der Waals surface area contributed by atoms with E-state index in [1.807, 2.05) is 6.07 Å². The lowest BCUT2D eigenvalue weighted by molar-refractivity contribution is 0.180. The fourth-order valence-electron chi connectivity index (χ4n) is 2.43. The fraction of sp³-hybridized carbons (Fsp3) is 0.500. The zero-order valence-electron chi connectivity index (χ0n) is 12.1. The molecule has 0 saturated carbocycles. The molecule has 7 heteroatoms. The number of hydrogen-bond acceptors (Lipinski definition) is 4. The van der Waals surface area contributed by atoms with Gasteiger partial charge in [-0.15, -0.1) is 0 Å².